The Balaban J connectivity index is 5.39. The second-order valence-corrected chi connectivity index (χ2v) is 22.2. The Kier molecular flexibility index (Phi) is 48.1. The number of esters is 1. The quantitative estimate of drug-likeness (QED) is 0.0161. The fourth-order valence-electron chi connectivity index (χ4n) is 8.21. The van der Waals surface area contributed by atoms with Crippen molar-refractivity contribution >= 4 is 19.7 Å². The van der Waals surface area contributed by atoms with Gasteiger partial charge in [-0.3, -0.25) is 14.2 Å². The lowest BCUT2D eigenvalue weighted by Gasteiger charge is -2.30. The molecule has 0 spiro atoms. The lowest BCUT2D eigenvalue weighted by atomic mass is 10.0. The van der Waals surface area contributed by atoms with Crippen molar-refractivity contribution in [2.75, 3.05) is 40.9 Å². The number of carbonyl (C=O) groups is 2. The van der Waals surface area contributed by atoms with Gasteiger partial charge in [0.25, 0.3) is 7.82 Å². The molecule has 0 aliphatic rings. The Labute approximate surface area is 427 Å². The zero-order valence-electron chi connectivity index (χ0n) is 46.0. The molecule has 0 saturated carbocycles. The van der Waals surface area contributed by atoms with Crippen molar-refractivity contribution in [3.05, 3.63) is 48.6 Å². The van der Waals surface area contributed by atoms with Crippen LogP contribution in [0.1, 0.15) is 265 Å². The number of amides is 1. The summed E-state index contributed by atoms with van der Waals surface area (Å²) in [5, 5.41) is 3.02. The molecule has 0 heterocycles. The van der Waals surface area contributed by atoms with Gasteiger partial charge in [0.1, 0.15) is 19.3 Å². The molecule has 9 nitrogen and oxygen atoms in total. The maximum absolute atomic E-state index is 13.5. The summed E-state index contributed by atoms with van der Waals surface area (Å²) < 4.78 is 30.2. The average Bonchev–Trinajstić information content (AvgIpc) is 3.31. The number of hydrogen-bond acceptors (Lipinski definition) is 7. The number of ether oxygens (including phenoxy) is 1. The Morgan fingerprint density at radius 2 is 0.884 bits per heavy atom. The number of unbranched alkanes of at least 4 members (excludes halogenated alkanes) is 31. The number of carbonyl (C=O) groups excluding carboxylic acids is 2. The van der Waals surface area contributed by atoms with E-state index in [4.69, 9.17) is 13.8 Å². The Morgan fingerprint density at radius 3 is 1.36 bits per heavy atom. The summed E-state index contributed by atoms with van der Waals surface area (Å²) in [7, 11) is 1.18. The number of likely N-dealkylation sites (N-methyl/N-ethyl adjacent to an activating group) is 1. The van der Waals surface area contributed by atoms with Gasteiger partial charge in [0, 0.05) is 12.8 Å². The fourth-order valence-corrected chi connectivity index (χ4v) is 8.94. The van der Waals surface area contributed by atoms with Crippen LogP contribution in [-0.2, 0) is 27.9 Å². The largest absolute Gasteiger partial charge is 0.756 e. The smallest absolute Gasteiger partial charge is 0.306 e. The first kappa shape index (κ1) is 67.0. The molecular weight excluding hydrogens is 880 g/mol. The summed E-state index contributed by atoms with van der Waals surface area (Å²) >= 11 is 0. The summed E-state index contributed by atoms with van der Waals surface area (Å²) in [6.07, 6.45) is 59.2. The van der Waals surface area contributed by atoms with Gasteiger partial charge in [-0.25, -0.2) is 0 Å². The SMILES string of the molecule is CCCCC/C=C/C=C/CCCCCCCCC(=O)OC(/C=C/CCCCCCCCCCCCC)C(COP(=O)([O-])OCC[N+](C)(C)C)NC(=O)CCCCCCCCC/C=C\CCCCCC. The second-order valence-electron chi connectivity index (χ2n) is 20.8. The van der Waals surface area contributed by atoms with Crippen LogP contribution in [0.15, 0.2) is 48.6 Å². The van der Waals surface area contributed by atoms with Crippen molar-refractivity contribution in [1.82, 2.24) is 5.32 Å². The predicted octanol–water partition coefficient (Wildman–Crippen LogP) is 16.7. The second kappa shape index (κ2) is 49.5. The fraction of sp³-hybridized carbons (Fsp3) is 0.831. The topological polar surface area (TPSA) is 114 Å². The van der Waals surface area contributed by atoms with Gasteiger partial charge in [-0.05, 0) is 83.1 Å². The molecule has 0 bridgehead atoms. The molecule has 0 saturated heterocycles. The van der Waals surface area contributed by atoms with Gasteiger partial charge >= 0.3 is 5.97 Å². The van der Waals surface area contributed by atoms with E-state index in [1.54, 1.807) is 0 Å². The van der Waals surface area contributed by atoms with Crippen molar-refractivity contribution in [3.8, 4) is 0 Å². The normalized spacial score (nSPS) is 14.1. The van der Waals surface area contributed by atoms with Gasteiger partial charge in [0.05, 0.1) is 33.8 Å². The van der Waals surface area contributed by atoms with Crippen LogP contribution in [0.25, 0.3) is 0 Å². The molecule has 0 radical (unpaired) electrons. The zero-order valence-corrected chi connectivity index (χ0v) is 46.9. The predicted molar refractivity (Wildman–Crippen MR) is 293 cm³/mol. The summed E-state index contributed by atoms with van der Waals surface area (Å²) in [5.74, 6) is -0.555. The van der Waals surface area contributed by atoms with Crippen LogP contribution in [0.5, 0.6) is 0 Å². The molecule has 69 heavy (non-hydrogen) atoms. The standard InChI is InChI=1S/C59H111N2O7P/c1-7-10-13-16-19-22-25-28-30-33-36-39-42-45-48-51-58(62)60-56(55-67-69(64,65)66-54-53-61(4,5)6)57(50-47-44-41-38-35-32-27-24-21-18-15-12-9-3)68-59(63)52-49-46-43-40-37-34-31-29-26-23-20-17-14-11-8-2/h20,22-23,25-26,29,47,50,56-57H,7-19,21,24,27-28,30-46,48-49,51-55H2,1-6H3,(H-,60,62,64,65)/b23-20+,25-22-,29-26+,50-47+. The molecular formula is C59H111N2O7P. The maximum Gasteiger partial charge on any atom is 0.306 e. The lowest BCUT2D eigenvalue weighted by Crippen LogP contribution is -2.47. The highest BCUT2D eigenvalue weighted by Gasteiger charge is 2.27. The summed E-state index contributed by atoms with van der Waals surface area (Å²) in [4.78, 5) is 39.8. The first-order valence-electron chi connectivity index (χ1n) is 29.0. The number of allylic oxidation sites excluding steroid dienone is 7. The molecule has 0 aromatic heterocycles. The van der Waals surface area contributed by atoms with Crippen LogP contribution in [0.3, 0.4) is 0 Å². The molecule has 0 aromatic rings. The molecule has 1 amide bonds. The summed E-state index contributed by atoms with van der Waals surface area (Å²) in [5.41, 5.74) is 0. The van der Waals surface area contributed by atoms with Crippen LogP contribution in [-0.4, -0.2) is 69.4 Å². The van der Waals surface area contributed by atoms with E-state index in [0.29, 0.717) is 17.4 Å². The van der Waals surface area contributed by atoms with E-state index in [1.807, 2.05) is 33.3 Å². The van der Waals surface area contributed by atoms with Crippen molar-refractivity contribution < 1.29 is 37.3 Å². The number of phosphoric acid groups is 1. The van der Waals surface area contributed by atoms with Crippen molar-refractivity contribution in [3.63, 3.8) is 0 Å². The monoisotopic (exact) mass is 991 g/mol. The highest BCUT2D eigenvalue weighted by molar-refractivity contribution is 7.45. The molecule has 3 atom stereocenters. The minimum atomic E-state index is -4.70. The third kappa shape index (κ3) is 50.7. The van der Waals surface area contributed by atoms with Crippen LogP contribution in [0, 0.1) is 0 Å². The van der Waals surface area contributed by atoms with Crippen LogP contribution < -0.4 is 10.2 Å². The minimum absolute atomic E-state index is 0.0251. The average molecular weight is 992 g/mol. The molecule has 0 aliphatic carbocycles. The molecule has 0 aromatic carbocycles. The van der Waals surface area contributed by atoms with Gasteiger partial charge in [-0.2, -0.15) is 0 Å². The van der Waals surface area contributed by atoms with Crippen molar-refractivity contribution in [2.45, 2.75) is 277 Å². The van der Waals surface area contributed by atoms with E-state index in [1.165, 1.54) is 141 Å². The third-order valence-electron chi connectivity index (χ3n) is 12.8. The lowest BCUT2D eigenvalue weighted by molar-refractivity contribution is -0.870. The van der Waals surface area contributed by atoms with Gasteiger partial charge < -0.3 is 28.5 Å². The number of hydrogen-bond donors (Lipinski definition) is 1. The van der Waals surface area contributed by atoms with Crippen molar-refractivity contribution in [2.24, 2.45) is 0 Å². The molecule has 1 N–H and O–H groups in total. The van der Waals surface area contributed by atoms with Crippen LogP contribution >= 0.6 is 7.82 Å². The highest BCUT2D eigenvalue weighted by atomic mass is 31.2. The Morgan fingerprint density at radius 1 is 0.507 bits per heavy atom. The van der Waals surface area contributed by atoms with Gasteiger partial charge in [-0.1, -0.05) is 217 Å². The molecule has 10 heteroatoms. The third-order valence-corrected chi connectivity index (χ3v) is 13.7. The van der Waals surface area contributed by atoms with E-state index in [-0.39, 0.29) is 24.9 Å². The first-order valence-corrected chi connectivity index (χ1v) is 30.4. The number of rotatable bonds is 52. The Bertz CT molecular complexity index is 1330. The molecule has 0 fully saturated rings. The highest BCUT2D eigenvalue weighted by Crippen LogP contribution is 2.38. The first-order chi connectivity index (χ1) is 33.4. The number of nitrogens with zero attached hydrogens (tertiary/aromatic N) is 1. The molecule has 0 rings (SSSR count). The number of quaternary nitrogens is 1. The van der Waals surface area contributed by atoms with Gasteiger partial charge in [-0.15, -0.1) is 0 Å². The van der Waals surface area contributed by atoms with Crippen LogP contribution in [0.4, 0.5) is 0 Å². The van der Waals surface area contributed by atoms with E-state index in [0.717, 1.165) is 89.9 Å². The van der Waals surface area contributed by atoms with Gasteiger partial charge in [0.2, 0.25) is 5.91 Å². The van der Waals surface area contributed by atoms with E-state index < -0.39 is 26.6 Å². The summed E-state index contributed by atoms with van der Waals surface area (Å²) in [6.45, 7) is 6.80. The maximum atomic E-state index is 13.5. The number of nitrogens with one attached hydrogen (secondary N) is 1. The van der Waals surface area contributed by atoms with E-state index in [9.17, 15) is 19.0 Å². The zero-order chi connectivity index (χ0) is 50.8. The van der Waals surface area contributed by atoms with E-state index >= 15 is 0 Å². The molecule has 3 unspecified atom stereocenters. The minimum Gasteiger partial charge on any atom is -0.756 e. The van der Waals surface area contributed by atoms with Crippen molar-refractivity contribution in [1.29, 1.82) is 0 Å². The van der Waals surface area contributed by atoms with Gasteiger partial charge in [0.15, 0.2) is 0 Å². The van der Waals surface area contributed by atoms with E-state index in [2.05, 4.69) is 62.5 Å². The molecule has 404 valence electrons. The van der Waals surface area contributed by atoms with Crippen LogP contribution in [0.2, 0.25) is 0 Å². The summed E-state index contributed by atoms with van der Waals surface area (Å²) in [6, 6.07) is -0.893. The number of phosphoric ester groups is 1. The Hall–Kier alpha value is -2.03. The molecule has 0 aliphatic heterocycles.